The Bertz CT molecular complexity index is 1280. The van der Waals surface area contributed by atoms with Gasteiger partial charge < -0.3 is 20.3 Å². The molecule has 186 valence electrons. The zero-order valence-corrected chi connectivity index (χ0v) is 20.8. The molecule has 9 heteroatoms. The number of nitrogens with two attached hydrogens (primary N) is 1. The van der Waals surface area contributed by atoms with Crippen LogP contribution < -0.4 is 5.73 Å². The number of rotatable bonds is 8. The number of aromatic nitrogens is 4. The van der Waals surface area contributed by atoms with Crippen LogP contribution >= 0.6 is 11.8 Å². The van der Waals surface area contributed by atoms with Crippen molar-refractivity contribution in [2.24, 2.45) is 12.8 Å². The van der Waals surface area contributed by atoms with Crippen LogP contribution in [-0.4, -0.2) is 37.2 Å². The van der Waals surface area contributed by atoms with Crippen LogP contribution in [0.25, 0.3) is 11.1 Å². The van der Waals surface area contributed by atoms with Gasteiger partial charge in [-0.15, -0.1) is 5.10 Å². The lowest BCUT2D eigenvalue weighted by molar-refractivity contribution is -0.245. The van der Waals surface area contributed by atoms with Gasteiger partial charge in [0, 0.05) is 31.3 Å². The van der Waals surface area contributed by atoms with E-state index in [-0.39, 0.29) is 18.8 Å². The molecule has 1 aromatic heterocycles. The van der Waals surface area contributed by atoms with Crippen molar-refractivity contribution in [3.05, 3.63) is 95.1 Å². The quantitative estimate of drug-likeness (QED) is 0.345. The second-order valence-electron chi connectivity index (χ2n) is 8.73. The molecule has 0 saturated carbocycles. The average Bonchev–Trinajstić information content (AvgIpc) is 3.36. The van der Waals surface area contributed by atoms with Crippen molar-refractivity contribution in [1.29, 1.82) is 0 Å². The number of thioether (sulfide) groups is 1. The summed E-state index contributed by atoms with van der Waals surface area (Å²) in [5.74, 6) is 0.696. The van der Waals surface area contributed by atoms with E-state index in [0.29, 0.717) is 18.7 Å². The van der Waals surface area contributed by atoms with Crippen LogP contribution in [0.5, 0.6) is 0 Å². The van der Waals surface area contributed by atoms with E-state index < -0.39 is 6.29 Å². The Morgan fingerprint density at radius 3 is 2.44 bits per heavy atom. The third-order valence-corrected chi connectivity index (χ3v) is 7.47. The first-order valence-electron chi connectivity index (χ1n) is 11.9. The third-order valence-electron chi connectivity index (χ3n) is 6.33. The van der Waals surface area contributed by atoms with E-state index in [1.807, 2.05) is 43.4 Å². The molecule has 2 heterocycles. The first-order chi connectivity index (χ1) is 17.6. The summed E-state index contributed by atoms with van der Waals surface area (Å²) >= 11 is 1.57. The largest absolute Gasteiger partial charge is 0.392 e. The summed E-state index contributed by atoms with van der Waals surface area (Å²) in [5.41, 5.74) is 12.2. The third kappa shape index (κ3) is 5.50. The molecule has 5 rings (SSSR count). The normalized spacial score (nSPS) is 19.9. The van der Waals surface area contributed by atoms with Crippen molar-refractivity contribution < 1.29 is 14.6 Å². The highest BCUT2D eigenvalue weighted by atomic mass is 32.2. The van der Waals surface area contributed by atoms with E-state index in [1.54, 1.807) is 16.4 Å². The van der Waals surface area contributed by atoms with Gasteiger partial charge in [-0.05, 0) is 38.2 Å². The maximum absolute atomic E-state index is 9.41. The Kier molecular flexibility index (Phi) is 7.74. The van der Waals surface area contributed by atoms with Crippen molar-refractivity contribution in [1.82, 2.24) is 20.2 Å². The Hall–Kier alpha value is -3.08. The molecule has 0 unspecified atom stereocenters. The first kappa shape index (κ1) is 24.6. The minimum Gasteiger partial charge on any atom is -0.392 e. The first-order valence-corrected chi connectivity index (χ1v) is 12.9. The Labute approximate surface area is 214 Å². The molecule has 3 N–H and O–H groups in total. The lowest BCUT2D eigenvalue weighted by Crippen LogP contribution is -2.31. The Morgan fingerprint density at radius 2 is 1.75 bits per heavy atom. The van der Waals surface area contributed by atoms with E-state index in [0.717, 1.165) is 38.5 Å². The summed E-state index contributed by atoms with van der Waals surface area (Å²) in [7, 11) is 1.83. The second-order valence-corrected chi connectivity index (χ2v) is 9.72. The van der Waals surface area contributed by atoms with Crippen LogP contribution in [0.2, 0.25) is 0 Å². The SMILES string of the molecule is Cn1nnnc1SC[C@H]1C[C@@H](c2ccc(CO)cc2)O[C@@H](c2ccc(-c3ccccc3CN)cc2)O1. The molecule has 8 nitrogen and oxygen atoms in total. The molecule has 0 amide bonds. The van der Waals surface area contributed by atoms with E-state index in [1.165, 1.54) is 0 Å². The van der Waals surface area contributed by atoms with Crippen LogP contribution in [0.15, 0.2) is 78.0 Å². The van der Waals surface area contributed by atoms with Crippen molar-refractivity contribution >= 4 is 11.8 Å². The highest BCUT2D eigenvalue weighted by molar-refractivity contribution is 7.99. The summed E-state index contributed by atoms with van der Waals surface area (Å²) in [6, 6.07) is 24.4. The maximum Gasteiger partial charge on any atom is 0.209 e. The van der Waals surface area contributed by atoms with Crippen LogP contribution in [0.1, 0.15) is 41.1 Å². The van der Waals surface area contributed by atoms with Gasteiger partial charge in [0.05, 0.1) is 18.8 Å². The fraction of sp³-hybridized carbons (Fsp3) is 0.296. The van der Waals surface area contributed by atoms with Gasteiger partial charge in [0.15, 0.2) is 6.29 Å². The molecule has 36 heavy (non-hydrogen) atoms. The lowest BCUT2D eigenvalue weighted by Gasteiger charge is -2.36. The zero-order chi connectivity index (χ0) is 24.9. The molecule has 1 aliphatic rings. The predicted octanol–water partition coefficient (Wildman–Crippen LogP) is 4.17. The average molecular weight is 504 g/mol. The van der Waals surface area contributed by atoms with Crippen molar-refractivity contribution in [2.75, 3.05) is 5.75 Å². The van der Waals surface area contributed by atoms with Gasteiger partial charge in [0.2, 0.25) is 5.16 Å². The van der Waals surface area contributed by atoms with Crippen LogP contribution in [0.4, 0.5) is 0 Å². The van der Waals surface area contributed by atoms with Crippen LogP contribution in [-0.2, 0) is 29.7 Å². The lowest BCUT2D eigenvalue weighted by atomic mass is 9.98. The van der Waals surface area contributed by atoms with E-state index in [9.17, 15) is 5.11 Å². The second kappa shape index (κ2) is 11.3. The van der Waals surface area contributed by atoms with Gasteiger partial charge in [-0.1, -0.05) is 84.6 Å². The fourth-order valence-electron chi connectivity index (χ4n) is 4.33. The molecule has 0 aliphatic carbocycles. The number of aliphatic hydroxyl groups excluding tert-OH is 1. The fourth-order valence-corrected chi connectivity index (χ4v) is 5.20. The number of tetrazole rings is 1. The molecule has 0 spiro atoms. The molecule has 1 aliphatic heterocycles. The summed E-state index contributed by atoms with van der Waals surface area (Å²) in [4.78, 5) is 0. The number of aryl methyl sites for hydroxylation is 1. The zero-order valence-electron chi connectivity index (χ0n) is 20.0. The van der Waals surface area contributed by atoms with Gasteiger partial charge in [0.1, 0.15) is 0 Å². The van der Waals surface area contributed by atoms with Gasteiger partial charge in [-0.2, -0.15) is 0 Å². The molecule has 0 bridgehead atoms. The molecule has 1 saturated heterocycles. The Balaban J connectivity index is 1.37. The topological polar surface area (TPSA) is 108 Å². The predicted molar refractivity (Wildman–Crippen MR) is 138 cm³/mol. The summed E-state index contributed by atoms with van der Waals surface area (Å²) in [6.07, 6.45) is -0.0128. The van der Waals surface area contributed by atoms with Crippen LogP contribution in [0.3, 0.4) is 0 Å². The number of benzene rings is 3. The molecular formula is C27H29N5O3S. The van der Waals surface area contributed by atoms with E-state index in [2.05, 4.69) is 51.9 Å². The molecule has 4 aromatic rings. The van der Waals surface area contributed by atoms with Crippen molar-refractivity contribution in [2.45, 2.75) is 43.2 Å². The summed E-state index contributed by atoms with van der Waals surface area (Å²) < 4.78 is 14.5. The number of hydrogen-bond acceptors (Lipinski definition) is 8. The maximum atomic E-state index is 9.41. The standard InChI is InChI=1S/C27H29N5O3S/c1-32-27(29-30-31-32)36-17-23-14-25(20-8-6-18(16-33)7-9-20)35-26(34-23)21-12-10-19(11-13-21)24-5-3-2-4-22(24)15-28/h2-13,23,25-26,33H,14-17,28H2,1H3/t23-,25+,26+/m1/s1. The summed E-state index contributed by atoms with van der Waals surface area (Å²) in [5, 5.41) is 21.9. The van der Waals surface area contributed by atoms with Crippen LogP contribution in [0, 0.1) is 0 Å². The Morgan fingerprint density at radius 1 is 1.00 bits per heavy atom. The number of hydrogen-bond donors (Lipinski definition) is 2. The number of ether oxygens (including phenoxy) is 2. The number of nitrogens with zero attached hydrogens (tertiary/aromatic N) is 4. The smallest absolute Gasteiger partial charge is 0.209 e. The molecule has 0 radical (unpaired) electrons. The minimum atomic E-state index is -0.511. The van der Waals surface area contributed by atoms with E-state index >= 15 is 0 Å². The molecule has 3 aromatic carbocycles. The molecular weight excluding hydrogens is 474 g/mol. The van der Waals surface area contributed by atoms with E-state index in [4.69, 9.17) is 15.2 Å². The van der Waals surface area contributed by atoms with Gasteiger partial charge >= 0.3 is 0 Å². The monoisotopic (exact) mass is 503 g/mol. The van der Waals surface area contributed by atoms with Crippen molar-refractivity contribution in [3.63, 3.8) is 0 Å². The van der Waals surface area contributed by atoms with Crippen molar-refractivity contribution in [3.8, 4) is 11.1 Å². The highest BCUT2D eigenvalue weighted by Crippen LogP contribution is 2.39. The number of aliphatic hydroxyl groups is 1. The minimum absolute atomic E-state index is 0.0160. The molecule has 3 atom stereocenters. The molecule has 1 fully saturated rings. The van der Waals surface area contributed by atoms with Gasteiger partial charge in [-0.25, -0.2) is 4.68 Å². The highest BCUT2D eigenvalue weighted by Gasteiger charge is 2.32. The van der Waals surface area contributed by atoms with Gasteiger partial charge in [0.25, 0.3) is 0 Å². The summed E-state index contributed by atoms with van der Waals surface area (Å²) in [6.45, 7) is 0.506. The van der Waals surface area contributed by atoms with Gasteiger partial charge in [-0.3, -0.25) is 0 Å².